The highest BCUT2D eigenvalue weighted by Gasteiger charge is 2.70. The summed E-state index contributed by atoms with van der Waals surface area (Å²) in [4.78, 5) is 45.6. The predicted octanol–water partition coefficient (Wildman–Crippen LogP) is 5.96. The summed E-state index contributed by atoms with van der Waals surface area (Å²) in [6.45, 7) is 0. The van der Waals surface area contributed by atoms with Crippen molar-refractivity contribution in [2.45, 2.75) is 17.5 Å². The van der Waals surface area contributed by atoms with Crippen LogP contribution in [0.15, 0.2) is 103 Å². The number of nitrogens with one attached hydrogen (secondary N) is 2. The topological polar surface area (TPSA) is 87.7 Å². The first-order valence-electron chi connectivity index (χ1n) is 13.6. The number of ether oxygens (including phenoxy) is 1. The summed E-state index contributed by atoms with van der Waals surface area (Å²) < 4.78 is 5.42. The van der Waals surface area contributed by atoms with Gasteiger partial charge in [-0.3, -0.25) is 14.4 Å². The average Bonchev–Trinajstić information content (AvgIpc) is 3.50. The zero-order valence-electron chi connectivity index (χ0n) is 22.6. The standard InChI is InChI=1S/C34H26ClN3O4/c1-42-24-9-6-8-21(19-24)31(39)29-30(32(40)36-23-16-14-22(35)15-17-23)38-27-12-5-2-7-20(27)13-18-28(38)34(29)25-10-3-4-11-26(25)37-33(34)41/h2-19,28-30H,1H3,(H,36,40)(H,37,41)/t28-,29+,30+,34+/m1/s1. The van der Waals surface area contributed by atoms with Crippen LogP contribution in [0.5, 0.6) is 5.75 Å². The fourth-order valence-corrected chi connectivity index (χ4v) is 6.95. The van der Waals surface area contributed by atoms with Crippen molar-refractivity contribution >= 4 is 52.3 Å². The van der Waals surface area contributed by atoms with Crippen LogP contribution in [-0.2, 0) is 15.0 Å². The minimum atomic E-state index is -1.39. The Hall–Kier alpha value is -4.88. The highest BCUT2D eigenvalue weighted by atomic mass is 35.5. The number of methoxy groups -OCH3 is 1. The highest BCUT2D eigenvalue weighted by Crippen LogP contribution is 2.57. The van der Waals surface area contributed by atoms with Crippen molar-refractivity contribution in [2.24, 2.45) is 5.92 Å². The summed E-state index contributed by atoms with van der Waals surface area (Å²) in [5, 5.41) is 6.58. The van der Waals surface area contributed by atoms with Crippen LogP contribution in [0.4, 0.5) is 17.1 Å². The normalized spacial score (nSPS) is 23.1. The van der Waals surface area contributed by atoms with Crippen LogP contribution in [0.2, 0.25) is 5.02 Å². The summed E-state index contributed by atoms with van der Waals surface area (Å²) in [7, 11) is 1.53. The van der Waals surface area contributed by atoms with Gasteiger partial charge in [0.2, 0.25) is 11.8 Å². The molecule has 0 aliphatic carbocycles. The van der Waals surface area contributed by atoms with Gasteiger partial charge in [0.15, 0.2) is 5.78 Å². The molecule has 4 aromatic carbocycles. The Morgan fingerprint density at radius 2 is 1.71 bits per heavy atom. The number of carbonyl (C=O) groups excluding carboxylic acids is 3. The molecule has 3 aliphatic heterocycles. The number of para-hydroxylation sites is 2. The van der Waals surface area contributed by atoms with Crippen LogP contribution >= 0.6 is 11.6 Å². The Labute approximate surface area is 247 Å². The molecule has 4 aromatic rings. The van der Waals surface area contributed by atoms with Gasteiger partial charge < -0.3 is 20.3 Å². The summed E-state index contributed by atoms with van der Waals surface area (Å²) in [6, 6.07) is 27.1. The van der Waals surface area contributed by atoms with E-state index < -0.39 is 29.3 Å². The van der Waals surface area contributed by atoms with Crippen molar-refractivity contribution in [2.75, 3.05) is 22.6 Å². The molecule has 3 aliphatic rings. The monoisotopic (exact) mass is 575 g/mol. The second-order valence-corrected chi connectivity index (χ2v) is 11.1. The molecule has 0 unspecified atom stereocenters. The number of Topliss-reactive ketones (excluding diaryl/α,β-unsaturated/α-hetero) is 1. The largest absolute Gasteiger partial charge is 0.497 e. The summed E-state index contributed by atoms with van der Waals surface area (Å²) in [6.07, 6.45) is 3.92. The maximum Gasteiger partial charge on any atom is 0.247 e. The number of rotatable bonds is 5. The molecule has 1 spiro atoms. The van der Waals surface area contributed by atoms with Crippen LogP contribution < -0.4 is 20.3 Å². The van der Waals surface area contributed by atoms with Gasteiger partial charge in [-0.2, -0.15) is 0 Å². The van der Waals surface area contributed by atoms with E-state index in [1.807, 2.05) is 65.6 Å². The predicted molar refractivity (Wildman–Crippen MR) is 163 cm³/mol. The van der Waals surface area contributed by atoms with E-state index in [-0.39, 0.29) is 11.7 Å². The molecule has 4 atom stereocenters. The van der Waals surface area contributed by atoms with Crippen LogP contribution in [0.3, 0.4) is 0 Å². The Morgan fingerprint density at radius 3 is 2.52 bits per heavy atom. The van der Waals surface area contributed by atoms with E-state index in [0.29, 0.717) is 33.3 Å². The van der Waals surface area contributed by atoms with Crippen molar-refractivity contribution in [1.29, 1.82) is 0 Å². The fourth-order valence-electron chi connectivity index (χ4n) is 6.83. The Balaban J connectivity index is 1.48. The number of hydrogen-bond acceptors (Lipinski definition) is 5. The van der Waals surface area contributed by atoms with E-state index in [2.05, 4.69) is 10.6 Å². The third-order valence-corrected chi connectivity index (χ3v) is 8.81. The van der Waals surface area contributed by atoms with Gasteiger partial charge in [-0.15, -0.1) is 0 Å². The van der Waals surface area contributed by atoms with E-state index in [1.165, 1.54) is 7.11 Å². The minimum Gasteiger partial charge on any atom is -0.497 e. The van der Waals surface area contributed by atoms with E-state index in [0.717, 1.165) is 11.3 Å². The number of ketones is 1. The number of fused-ring (bicyclic) bond motifs is 6. The molecule has 208 valence electrons. The first kappa shape index (κ1) is 26.0. The molecule has 3 heterocycles. The number of anilines is 3. The van der Waals surface area contributed by atoms with Crippen molar-refractivity contribution in [1.82, 2.24) is 0 Å². The summed E-state index contributed by atoms with van der Waals surface area (Å²) in [5.41, 5.74) is 2.51. The second kappa shape index (κ2) is 9.89. The van der Waals surface area contributed by atoms with Crippen LogP contribution in [0.25, 0.3) is 6.08 Å². The lowest BCUT2D eigenvalue weighted by atomic mass is 9.64. The molecule has 0 aromatic heterocycles. The van der Waals surface area contributed by atoms with E-state index in [1.54, 1.807) is 48.5 Å². The first-order chi connectivity index (χ1) is 20.4. The van der Waals surface area contributed by atoms with E-state index >= 15 is 0 Å². The molecule has 7 rings (SSSR count). The Morgan fingerprint density at radius 1 is 0.952 bits per heavy atom. The molecule has 42 heavy (non-hydrogen) atoms. The average molecular weight is 576 g/mol. The van der Waals surface area contributed by atoms with Gasteiger partial charge in [-0.25, -0.2) is 0 Å². The molecule has 1 fully saturated rings. The number of hydrogen-bond donors (Lipinski definition) is 2. The minimum absolute atomic E-state index is 0.314. The van der Waals surface area contributed by atoms with E-state index in [4.69, 9.17) is 16.3 Å². The van der Waals surface area contributed by atoms with E-state index in [9.17, 15) is 14.4 Å². The van der Waals surface area contributed by atoms with Crippen LogP contribution in [-0.4, -0.2) is 36.8 Å². The van der Waals surface area contributed by atoms with Gasteiger partial charge >= 0.3 is 0 Å². The van der Waals surface area contributed by atoms with Gasteiger partial charge in [0.25, 0.3) is 0 Å². The van der Waals surface area contributed by atoms with Crippen LogP contribution in [0.1, 0.15) is 21.5 Å². The lowest BCUT2D eigenvalue weighted by molar-refractivity contribution is -0.122. The zero-order chi connectivity index (χ0) is 29.0. The fraction of sp³-hybridized carbons (Fsp3) is 0.147. The van der Waals surface area contributed by atoms with Crippen molar-refractivity contribution < 1.29 is 19.1 Å². The molecule has 0 saturated carbocycles. The van der Waals surface area contributed by atoms with Crippen molar-refractivity contribution in [3.63, 3.8) is 0 Å². The lowest BCUT2D eigenvalue weighted by Crippen LogP contribution is -2.51. The Bertz CT molecular complexity index is 1790. The smallest absolute Gasteiger partial charge is 0.247 e. The SMILES string of the molecule is COc1cccc(C(=O)[C@@H]2[C@@H](C(=O)Nc3ccc(Cl)cc3)N3c4ccccc4C=C[C@@H]3[C@]23C(=O)Nc2ccccc23)c1. The van der Waals surface area contributed by atoms with Gasteiger partial charge in [-0.05, 0) is 59.7 Å². The van der Waals surface area contributed by atoms with Gasteiger partial charge in [0, 0.05) is 27.6 Å². The van der Waals surface area contributed by atoms with Crippen molar-refractivity contribution in [3.8, 4) is 5.75 Å². The summed E-state index contributed by atoms with van der Waals surface area (Å²) >= 11 is 6.10. The molecular weight excluding hydrogens is 550 g/mol. The number of benzene rings is 4. The molecule has 0 radical (unpaired) electrons. The highest BCUT2D eigenvalue weighted by molar-refractivity contribution is 6.30. The number of carbonyl (C=O) groups is 3. The molecule has 7 nitrogen and oxygen atoms in total. The maximum absolute atomic E-state index is 14.8. The zero-order valence-corrected chi connectivity index (χ0v) is 23.3. The lowest BCUT2D eigenvalue weighted by Gasteiger charge is -2.37. The third-order valence-electron chi connectivity index (χ3n) is 8.56. The molecule has 2 N–H and O–H groups in total. The van der Waals surface area contributed by atoms with Gasteiger partial charge in [0.1, 0.15) is 17.2 Å². The number of halogens is 1. The summed E-state index contributed by atoms with van der Waals surface area (Å²) in [5.74, 6) is -1.61. The number of nitrogens with zero attached hydrogens (tertiary/aromatic N) is 1. The maximum atomic E-state index is 14.8. The quantitative estimate of drug-likeness (QED) is 0.287. The van der Waals surface area contributed by atoms with Gasteiger partial charge in [0.05, 0.1) is 19.1 Å². The van der Waals surface area contributed by atoms with Crippen LogP contribution in [0, 0.1) is 5.92 Å². The van der Waals surface area contributed by atoms with Gasteiger partial charge in [-0.1, -0.05) is 72.3 Å². The third kappa shape index (κ3) is 3.77. The first-order valence-corrected chi connectivity index (χ1v) is 14.0. The molecule has 8 heteroatoms. The molecular formula is C34H26ClN3O4. The molecule has 1 saturated heterocycles. The Kier molecular flexibility index (Phi) is 6.13. The molecule has 0 bridgehead atoms. The molecule has 2 amide bonds. The number of amides is 2. The van der Waals surface area contributed by atoms with Crippen molar-refractivity contribution in [3.05, 3.63) is 125 Å². The second-order valence-electron chi connectivity index (χ2n) is 10.7.